The summed E-state index contributed by atoms with van der Waals surface area (Å²) in [7, 11) is 0. The molecule has 27 heavy (non-hydrogen) atoms. The Hall–Kier alpha value is -2.51. The number of anilines is 2. The highest BCUT2D eigenvalue weighted by Crippen LogP contribution is 2.29. The summed E-state index contributed by atoms with van der Waals surface area (Å²) in [4.78, 5) is 38.6. The van der Waals surface area contributed by atoms with Crippen LogP contribution in [0.1, 0.15) is 6.92 Å². The maximum Gasteiger partial charge on any atom is 0.319 e. The monoisotopic (exact) mass is 404 g/mol. The molecule has 0 saturated heterocycles. The van der Waals surface area contributed by atoms with Gasteiger partial charge in [0.1, 0.15) is 11.8 Å². The Balaban J connectivity index is 1.58. The van der Waals surface area contributed by atoms with Gasteiger partial charge in [-0.1, -0.05) is 23.7 Å². The van der Waals surface area contributed by atoms with E-state index in [0.717, 1.165) is 4.90 Å². The molecule has 8 heteroatoms. The van der Waals surface area contributed by atoms with Crippen LogP contribution in [0.2, 0.25) is 5.02 Å². The summed E-state index contributed by atoms with van der Waals surface area (Å²) in [5, 5.41) is 2.83. The number of para-hydroxylation sites is 2. The standard InChI is InChI=1S/C19H17ClN2O4S/c1-12(27-14-8-6-13(20)7-9-14)19(25)26-11-18(24)22-10-17(23)21-15-4-2-3-5-16(15)22/h2-9,12H,10-11H2,1H3,(H,21,23)/t12-/m1/s1. The Morgan fingerprint density at radius 3 is 2.67 bits per heavy atom. The van der Waals surface area contributed by atoms with Crippen molar-refractivity contribution in [1.82, 2.24) is 0 Å². The molecule has 0 fully saturated rings. The normalized spacial score (nSPS) is 14.1. The zero-order valence-corrected chi connectivity index (χ0v) is 16.0. The van der Waals surface area contributed by atoms with Gasteiger partial charge in [0.25, 0.3) is 5.91 Å². The number of halogens is 1. The van der Waals surface area contributed by atoms with E-state index in [9.17, 15) is 14.4 Å². The average Bonchev–Trinajstić information content (AvgIpc) is 2.66. The van der Waals surface area contributed by atoms with Gasteiger partial charge in [0.05, 0.1) is 11.4 Å². The first kappa shape index (κ1) is 19.3. The van der Waals surface area contributed by atoms with Gasteiger partial charge in [-0.25, -0.2) is 0 Å². The molecule has 1 atom stereocenters. The first-order valence-corrected chi connectivity index (χ1v) is 9.48. The minimum atomic E-state index is -0.502. The van der Waals surface area contributed by atoms with Crippen LogP contribution < -0.4 is 10.2 Å². The predicted molar refractivity (Wildman–Crippen MR) is 105 cm³/mol. The predicted octanol–water partition coefficient (Wildman–Crippen LogP) is 3.35. The van der Waals surface area contributed by atoms with Crippen molar-refractivity contribution in [1.29, 1.82) is 0 Å². The van der Waals surface area contributed by atoms with Crippen molar-refractivity contribution in [2.24, 2.45) is 0 Å². The van der Waals surface area contributed by atoms with Gasteiger partial charge < -0.3 is 10.1 Å². The molecule has 1 N–H and O–H groups in total. The van der Waals surface area contributed by atoms with E-state index in [2.05, 4.69) is 5.32 Å². The van der Waals surface area contributed by atoms with Crippen molar-refractivity contribution < 1.29 is 19.1 Å². The maximum absolute atomic E-state index is 12.5. The largest absolute Gasteiger partial charge is 0.455 e. The Labute approximate surface area is 165 Å². The number of carbonyl (C=O) groups is 3. The van der Waals surface area contributed by atoms with Crippen LogP contribution in [0.5, 0.6) is 0 Å². The van der Waals surface area contributed by atoms with Crippen molar-refractivity contribution >= 4 is 52.5 Å². The molecule has 0 saturated carbocycles. The number of amides is 2. The van der Waals surface area contributed by atoms with Gasteiger partial charge in [0.2, 0.25) is 5.91 Å². The molecule has 0 aliphatic carbocycles. The van der Waals surface area contributed by atoms with Gasteiger partial charge in [0.15, 0.2) is 6.61 Å². The van der Waals surface area contributed by atoms with Crippen molar-refractivity contribution in [2.45, 2.75) is 17.1 Å². The molecule has 3 rings (SSSR count). The van der Waals surface area contributed by atoms with Gasteiger partial charge in [-0.05, 0) is 43.3 Å². The molecular weight excluding hydrogens is 388 g/mol. The number of benzene rings is 2. The molecule has 6 nitrogen and oxygen atoms in total. The minimum absolute atomic E-state index is 0.109. The fraction of sp³-hybridized carbons (Fsp3) is 0.211. The van der Waals surface area contributed by atoms with E-state index in [0.29, 0.717) is 16.4 Å². The van der Waals surface area contributed by atoms with Crippen molar-refractivity contribution in [3.05, 3.63) is 53.6 Å². The molecular formula is C19H17ClN2O4S. The van der Waals surface area contributed by atoms with Gasteiger partial charge in [0, 0.05) is 9.92 Å². The third-order valence-electron chi connectivity index (χ3n) is 3.87. The topological polar surface area (TPSA) is 75.7 Å². The second-order valence-electron chi connectivity index (χ2n) is 5.87. The van der Waals surface area contributed by atoms with Crippen LogP contribution >= 0.6 is 23.4 Å². The van der Waals surface area contributed by atoms with Crippen molar-refractivity contribution in [3.63, 3.8) is 0 Å². The van der Waals surface area contributed by atoms with Crippen LogP contribution in [0, 0.1) is 0 Å². The van der Waals surface area contributed by atoms with Gasteiger partial charge in [-0.3, -0.25) is 19.3 Å². The zero-order valence-electron chi connectivity index (χ0n) is 14.5. The number of nitrogens with one attached hydrogen (secondary N) is 1. The molecule has 2 amide bonds. The summed E-state index contributed by atoms with van der Waals surface area (Å²) in [5.41, 5.74) is 1.14. The summed E-state index contributed by atoms with van der Waals surface area (Å²) in [6.07, 6.45) is 0. The number of hydrogen-bond donors (Lipinski definition) is 1. The molecule has 0 radical (unpaired) electrons. The van der Waals surface area contributed by atoms with Crippen molar-refractivity contribution in [3.8, 4) is 0 Å². The lowest BCUT2D eigenvalue weighted by atomic mass is 10.2. The molecule has 140 valence electrons. The lowest BCUT2D eigenvalue weighted by Crippen LogP contribution is -2.44. The molecule has 0 aromatic heterocycles. The SMILES string of the molecule is C[C@@H](Sc1ccc(Cl)cc1)C(=O)OCC(=O)N1CC(=O)Nc2ccccc21. The number of fused-ring (bicyclic) bond motifs is 1. The fourth-order valence-corrected chi connectivity index (χ4v) is 3.54. The van der Waals surface area contributed by atoms with Crippen LogP contribution in [0.25, 0.3) is 0 Å². The summed E-state index contributed by atoms with van der Waals surface area (Å²) in [5.74, 6) is -1.24. The number of hydrogen-bond acceptors (Lipinski definition) is 5. The number of nitrogens with zero attached hydrogens (tertiary/aromatic N) is 1. The second-order valence-corrected chi connectivity index (χ2v) is 7.72. The highest BCUT2D eigenvalue weighted by atomic mass is 35.5. The van der Waals surface area contributed by atoms with E-state index in [4.69, 9.17) is 16.3 Å². The summed E-state index contributed by atoms with van der Waals surface area (Å²) >= 11 is 7.16. The molecule has 1 aliphatic heterocycles. The maximum atomic E-state index is 12.5. The van der Waals surface area contributed by atoms with Gasteiger partial charge in [-0.2, -0.15) is 0 Å². The third kappa shape index (κ3) is 4.81. The van der Waals surface area contributed by atoms with E-state index >= 15 is 0 Å². The van der Waals surface area contributed by atoms with Crippen LogP contribution in [-0.4, -0.2) is 36.2 Å². The second kappa shape index (κ2) is 8.45. The van der Waals surface area contributed by atoms with E-state index < -0.39 is 23.7 Å². The Kier molecular flexibility index (Phi) is 6.03. The molecule has 2 aromatic rings. The molecule has 0 bridgehead atoms. The number of ether oxygens (including phenoxy) is 1. The Bertz CT molecular complexity index is 872. The molecule has 0 spiro atoms. The smallest absolute Gasteiger partial charge is 0.319 e. The molecule has 0 unspecified atom stereocenters. The van der Waals surface area contributed by atoms with E-state index in [1.54, 1.807) is 43.3 Å². The number of esters is 1. The number of thioether (sulfide) groups is 1. The quantitative estimate of drug-likeness (QED) is 0.611. The van der Waals surface area contributed by atoms with Gasteiger partial charge >= 0.3 is 5.97 Å². The fourth-order valence-electron chi connectivity index (χ4n) is 2.55. The van der Waals surface area contributed by atoms with Crippen molar-refractivity contribution in [2.75, 3.05) is 23.4 Å². The first-order valence-electron chi connectivity index (χ1n) is 8.22. The van der Waals surface area contributed by atoms with E-state index in [1.807, 2.05) is 12.1 Å². The average molecular weight is 405 g/mol. The van der Waals surface area contributed by atoms with Crippen LogP contribution in [0.4, 0.5) is 11.4 Å². The lowest BCUT2D eigenvalue weighted by molar-refractivity contribution is -0.147. The number of carbonyl (C=O) groups excluding carboxylic acids is 3. The lowest BCUT2D eigenvalue weighted by Gasteiger charge is -2.29. The minimum Gasteiger partial charge on any atom is -0.455 e. The third-order valence-corrected chi connectivity index (χ3v) is 5.21. The van der Waals surface area contributed by atoms with Crippen LogP contribution in [0.15, 0.2) is 53.4 Å². The highest BCUT2D eigenvalue weighted by molar-refractivity contribution is 8.00. The molecule has 1 aliphatic rings. The number of rotatable bonds is 5. The Morgan fingerprint density at radius 2 is 1.93 bits per heavy atom. The van der Waals surface area contributed by atoms with Crippen LogP contribution in [0.3, 0.4) is 0 Å². The first-order chi connectivity index (χ1) is 12.9. The molecule has 1 heterocycles. The Morgan fingerprint density at radius 1 is 1.22 bits per heavy atom. The summed E-state index contributed by atoms with van der Waals surface area (Å²) < 4.78 is 5.16. The summed E-state index contributed by atoms with van der Waals surface area (Å²) in [6.45, 7) is 1.17. The zero-order chi connectivity index (χ0) is 19.4. The van der Waals surface area contributed by atoms with E-state index in [-0.39, 0.29) is 12.5 Å². The highest BCUT2D eigenvalue weighted by Gasteiger charge is 2.27. The molecule has 2 aromatic carbocycles. The van der Waals surface area contributed by atoms with E-state index in [1.165, 1.54) is 16.7 Å². The van der Waals surface area contributed by atoms with Gasteiger partial charge in [-0.15, -0.1) is 11.8 Å². The van der Waals surface area contributed by atoms with Crippen LogP contribution in [-0.2, 0) is 19.1 Å². The summed E-state index contributed by atoms with van der Waals surface area (Å²) in [6, 6.07) is 14.1.